The number of amides is 1. The molecule has 1 unspecified atom stereocenters. The fraction of sp³-hybridized carbons (Fsp3) is 0.706. The SMILES string of the molecule is Cl.O=C(N1CCOC(c2ccsc2)C1)[C@@]12CCCC[C@H]1CNC2. The van der Waals surface area contributed by atoms with Crippen LogP contribution in [0.5, 0.6) is 0 Å². The zero-order chi connectivity index (χ0) is 15.0. The number of hydrogen-bond donors (Lipinski definition) is 1. The molecule has 3 atom stereocenters. The maximum Gasteiger partial charge on any atom is 0.230 e. The van der Waals surface area contributed by atoms with Crippen LogP contribution >= 0.6 is 23.7 Å². The van der Waals surface area contributed by atoms with Crippen LogP contribution in [0.25, 0.3) is 0 Å². The van der Waals surface area contributed by atoms with Gasteiger partial charge in [-0.3, -0.25) is 4.79 Å². The molecule has 1 aromatic heterocycles. The van der Waals surface area contributed by atoms with Gasteiger partial charge in [0.1, 0.15) is 6.10 Å². The first-order chi connectivity index (χ1) is 10.8. The number of ether oxygens (including phenoxy) is 1. The molecule has 1 saturated carbocycles. The number of nitrogens with zero attached hydrogens (tertiary/aromatic N) is 1. The second kappa shape index (κ2) is 7.09. The monoisotopic (exact) mass is 356 g/mol. The summed E-state index contributed by atoms with van der Waals surface area (Å²) in [6, 6.07) is 2.11. The van der Waals surface area contributed by atoms with Crippen molar-refractivity contribution in [3.05, 3.63) is 22.4 Å². The molecule has 3 fully saturated rings. The molecule has 1 amide bonds. The normalized spacial score (nSPS) is 33.8. The van der Waals surface area contributed by atoms with Crippen LogP contribution in [-0.4, -0.2) is 43.6 Å². The van der Waals surface area contributed by atoms with E-state index in [1.54, 1.807) is 11.3 Å². The van der Waals surface area contributed by atoms with Gasteiger partial charge in [0.2, 0.25) is 5.91 Å². The van der Waals surface area contributed by atoms with Crippen LogP contribution in [0.1, 0.15) is 37.4 Å². The summed E-state index contributed by atoms with van der Waals surface area (Å²) in [7, 11) is 0. The van der Waals surface area contributed by atoms with Gasteiger partial charge in [0.05, 0.1) is 18.6 Å². The third kappa shape index (κ3) is 3.04. The van der Waals surface area contributed by atoms with Gasteiger partial charge in [0.15, 0.2) is 0 Å². The molecule has 3 heterocycles. The quantitative estimate of drug-likeness (QED) is 0.886. The van der Waals surface area contributed by atoms with Crippen LogP contribution in [0.3, 0.4) is 0 Å². The van der Waals surface area contributed by atoms with Crippen LogP contribution < -0.4 is 5.32 Å². The molecule has 0 radical (unpaired) electrons. The number of thiophene rings is 1. The molecule has 1 aromatic rings. The van der Waals surface area contributed by atoms with Gasteiger partial charge in [0.25, 0.3) is 0 Å². The van der Waals surface area contributed by atoms with E-state index in [0.717, 1.165) is 26.1 Å². The predicted molar refractivity (Wildman–Crippen MR) is 94.1 cm³/mol. The van der Waals surface area contributed by atoms with Gasteiger partial charge < -0.3 is 15.0 Å². The second-order valence-electron chi connectivity index (χ2n) is 6.90. The first-order valence-corrected chi connectivity index (χ1v) is 9.38. The molecule has 1 aliphatic carbocycles. The first-order valence-electron chi connectivity index (χ1n) is 8.43. The molecule has 4 nitrogen and oxygen atoms in total. The van der Waals surface area contributed by atoms with Crippen molar-refractivity contribution in [2.24, 2.45) is 11.3 Å². The Balaban J connectivity index is 0.00000156. The number of carbonyl (C=O) groups is 1. The lowest BCUT2D eigenvalue weighted by Gasteiger charge is -2.43. The van der Waals surface area contributed by atoms with Crippen molar-refractivity contribution in [3.63, 3.8) is 0 Å². The minimum atomic E-state index is -0.130. The average molecular weight is 357 g/mol. The minimum absolute atomic E-state index is 0. The maximum absolute atomic E-state index is 13.3. The molecule has 0 bridgehead atoms. The molecule has 0 spiro atoms. The van der Waals surface area contributed by atoms with Crippen LogP contribution in [-0.2, 0) is 9.53 Å². The topological polar surface area (TPSA) is 41.6 Å². The Labute approximate surface area is 148 Å². The van der Waals surface area contributed by atoms with Gasteiger partial charge in [-0.1, -0.05) is 12.8 Å². The Kier molecular flexibility index (Phi) is 5.31. The molecule has 3 aliphatic rings. The van der Waals surface area contributed by atoms with E-state index in [4.69, 9.17) is 4.74 Å². The lowest BCUT2D eigenvalue weighted by molar-refractivity contribution is -0.153. The maximum atomic E-state index is 13.3. The Bertz CT molecular complexity index is 539. The molecule has 128 valence electrons. The van der Waals surface area contributed by atoms with Crippen molar-refractivity contribution in [1.29, 1.82) is 0 Å². The summed E-state index contributed by atoms with van der Waals surface area (Å²) < 4.78 is 5.90. The Morgan fingerprint density at radius 1 is 1.43 bits per heavy atom. The average Bonchev–Trinajstić information content (AvgIpc) is 3.24. The summed E-state index contributed by atoms with van der Waals surface area (Å²) in [6.45, 7) is 4.00. The summed E-state index contributed by atoms with van der Waals surface area (Å²) in [6.07, 6.45) is 4.79. The van der Waals surface area contributed by atoms with E-state index in [9.17, 15) is 4.79 Å². The summed E-state index contributed by atoms with van der Waals surface area (Å²) in [5.41, 5.74) is 1.08. The summed E-state index contributed by atoms with van der Waals surface area (Å²) in [5, 5.41) is 7.70. The van der Waals surface area contributed by atoms with Crippen molar-refractivity contribution in [1.82, 2.24) is 10.2 Å². The van der Waals surface area contributed by atoms with E-state index in [1.165, 1.54) is 24.8 Å². The number of nitrogens with one attached hydrogen (secondary N) is 1. The molecular formula is C17H25ClN2O2S. The van der Waals surface area contributed by atoms with Crippen molar-refractivity contribution in [2.45, 2.75) is 31.8 Å². The van der Waals surface area contributed by atoms with E-state index in [2.05, 4.69) is 27.0 Å². The molecule has 1 N–H and O–H groups in total. The van der Waals surface area contributed by atoms with E-state index in [-0.39, 0.29) is 23.9 Å². The largest absolute Gasteiger partial charge is 0.370 e. The third-order valence-corrected chi connectivity index (χ3v) is 6.43. The van der Waals surface area contributed by atoms with Crippen LogP contribution in [0.15, 0.2) is 16.8 Å². The summed E-state index contributed by atoms with van der Waals surface area (Å²) >= 11 is 1.69. The lowest BCUT2D eigenvalue weighted by atomic mass is 9.67. The van der Waals surface area contributed by atoms with E-state index in [0.29, 0.717) is 25.0 Å². The van der Waals surface area contributed by atoms with Crippen molar-refractivity contribution in [3.8, 4) is 0 Å². The number of hydrogen-bond acceptors (Lipinski definition) is 4. The molecule has 2 aliphatic heterocycles. The Morgan fingerprint density at radius 2 is 2.35 bits per heavy atom. The standard InChI is InChI=1S/C17H24N2O2S.ClH/c20-16(17-5-2-1-3-14(17)9-18-12-17)19-6-7-21-15(10-19)13-4-8-22-11-13;/h4,8,11,14-15,18H,1-3,5-7,9-10,12H2;1H/t14-,15?,17+;/m0./s1. The van der Waals surface area contributed by atoms with Gasteiger partial charge in [-0.15, -0.1) is 12.4 Å². The lowest BCUT2D eigenvalue weighted by Crippen LogP contribution is -2.53. The number of morpholine rings is 1. The molecule has 6 heteroatoms. The third-order valence-electron chi connectivity index (χ3n) is 5.73. The van der Waals surface area contributed by atoms with Gasteiger partial charge in [-0.2, -0.15) is 11.3 Å². The summed E-state index contributed by atoms with van der Waals surface area (Å²) in [4.78, 5) is 15.4. The van der Waals surface area contributed by atoms with Gasteiger partial charge in [-0.05, 0) is 47.7 Å². The van der Waals surface area contributed by atoms with E-state index < -0.39 is 0 Å². The molecule has 4 rings (SSSR count). The van der Waals surface area contributed by atoms with Crippen LogP contribution in [0.4, 0.5) is 0 Å². The highest BCUT2D eigenvalue weighted by atomic mass is 35.5. The number of halogens is 1. The summed E-state index contributed by atoms with van der Waals surface area (Å²) in [5.74, 6) is 0.918. The fourth-order valence-corrected chi connectivity index (χ4v) is 5.18. The van der Waals surface area contributed by atoms with E-state index >= 15 is 0 Å². The molecule has 0 aromatic carbocycles. The first kappa shape index (κ1) is 17.2. The Morgan fingerprint density at radius 3 is 3.17 bits per heavy atom. The fourth-order valence-electron chi connectivity index (χ4n) is 4.48. The van der Waals surface area contributed by atoms with Crippen LogP contribution in [0.2, 0.25) is 0 Å². The Hall–Kier alpha value is -0.620. The molecule has 23 heavy (non-hydrogen) atoms. The van der Waals surface area contributed by atoms with E-state index in [1.807, 2.05) is 0 Å². The predicted octanol–water partition coefficient (Wildman–Crippen LogP) is 2.85. The van der Waals surface area contributed by atoms with Crippen molar-refractivity contribution in [2.75, 3.05) is 32.8 Å². The number of carbonyl (C=O) groups excluding carboxylic acids is 1. The van der Waals surface area contributed by atoms with Crippen LogP contribution in [0, 0.1) is 11.3 Å². The van der Waals surface area contributed by atoms with Crippen molar-refractivity contribution < 1.29 is 9.53 Å². The highest BCUT2D eigenvalue weighted by Gasteiger charge is 2.51. The van der Waals surface area contributed by atoms with Gasteiger partial charge >= 0.3 is 0 Å². The minimum Gasteiger partial charge on any atom is -0.370 e. The smallest absolute Gasteiger partial charge is 0.230 e. The zero-order valence-electron chi connectivity index (χ0n) is 13.3. The molecule has 2 saturated heterocycles. The molecular weight excluding hydrogens is 332 g/mol. The second-order valence-corrected chi connectivity index (χ2v) is 7.68. The van der Waals surface area contributed by atoms with Gasteiger partial charge in [0, 0.05) is 13.1 Å². The zero-order valence-corrected chi connectivity index (χ0v) is 15.0. The number of rotatable bonds is 2. The number of fused-ring (bicyclic) bond motifs is 1. The van der Waals surface area contributed by atoms with Crippen molar-refractivity contribution >= 4 is 29.7 Å². The highest BCUT2D eigenvalue weighted by Crippen LogP contribution is 2.45. The highest BCUT2D eigenvalue weighted by molar-refractivity contribution is 7.07. The van der Waals surface area contributed by atoms with Gasteiger partial charge in [-0.25, -0.2) is 0 Å².